The molecule has 0 aromatic heterocycles. The van der Waals surface area contributed by atoms with Crippen LogP contribution in [0.2, 0.25) is 0 Å². The second-order valence-corrected chi connectivity index (χ2v) is 5.28. The normalized spacial score (nSPS) is 32.4. The van der Waals surface area contributed by atoms with Gasteiger partial charge >= 0.3 is 0 Å². The van der Waals surface area contributed by atoms with Crippen LogP contribution < -0.4 is 0 Å². The van der Waals surface area contributed by atoms with Crippen molar-refractivity contribution in [3.05, 3.63) is 0 Å². The van der Waals surface area contributed by atoms with E-state index in [1.807, 2.05) is 0 Å². The van der Waals surface area contributed by atoms with Crippen LogP contribution in [0, 0.1) is 11.3 Å². The topological polar surface area (TPSA) is 57.5 Å². The fourth-order valence-corrected chi connectivity index (χ4v) is 2.85. The molecule has 1 aliphatic carbocycles. The van der Waals surface area contributed by atoms with Gasteiger partial charge in [-0.25, -0.2) is 0 Å². The number of ketones is 1. The maximum Gasteiger partial charge on any atom is 0.169 e. The van der Waals surface area contributed by atoms with Crippen molar-refractivity contribution < 1.29 is 15.0 Å². The zero-order valence-electron chi connectivity index (χ0n) is 10.4. The minimum absolute atomic E-state index is 0.135. The summed E-state index contributed by atoms with van der Waals surface area (Å²) in [6, 6.07) is 0. The molecule has 16 heavy (non-hydrogen) atoms. The molecule has 1 aliphatic rings. The predicted octanol–water partition coefficient (Wildman–Crippen LogP) is 1.91. The van der Waals surface area contributed by atoms with Crippen molar-refractivity contribution in [3.8, 4) is 0 Å². The molecular weight excluding hydrogens is 204 g/mol. The molecule has 0 aromatic carbocycles. The molecule has 2 N–H and O–H groups in total. The fraction of sp³-hybridized carbons (Fsp3) is 0.923. The van der Waals surface area contributed by atoms with Crippen molar-refractivity contribution in [1.29, 1.82) is 0 Å². The summed E-state index contributed by atoms with van der Waals surface area (Å²) in [5.74, 6) is 0.549. The first-order valence-electron chi connectivity index (χ1n) is 6.39. The Balaban J connectivity index is 2.76. The van der Waals surface area contributed by atoms with Gasteiger partial charge in [-0.3, -0.25) is 4.79 Å². The van der Waals surface area contributed by atoms with Crippen molar-refractivity contribution >= 4 is 5.78 Å². The number of aliphatic hydroxyl groups excluding tert-OH is 2. The van der Waals surface area contributed by atoms with Crippen LogP contribution >= 0.6 is 0 Å². The molecule has 1 fully saturated rings. The summed E-state index contributed by atoms with van der Waals surface area (Å²) in [6.45, 7) is 3.83. The number of Topliss-reactive ketones (excluding diaryl/α,β-unsaturated/α-hetero) is 1. The highest BCUT2D eigenvalue weighted by Gasteiger charge is 2.42. The zero-order valence-corrected chi connectivity index (χ0v) is 10.4. The first-order valence-corrected chi connectivity index (χ1v) is 6.39. The summed E-state index contributed by atoms with van der Waals surface area (Å²) < 4.78 is 0. The minimum Gasteiger partial charge on any atom is -0.393 e. The number of aliphatic hydroxyl groups is 2. The third kappa shape index (κ3) is 2.83. The van der Waals surface area contributed by atoms with Crippen molar-refractivity contribution in [1.82, 2.24) is 0 Å². The molecule has 0 radical (unpaired) electrons. The van der Waals surface area contributed by atoms with E-state index in [0.29, 0.717) is 5.92 Å². The van der Waals surface area contributed by atoms with E-state index < -0.39 is 12.7 Å². The van der Waals surface area contributed by atoms with Crippen molar-refractivity contribution in [2.75, 3.05) is 6.61 Å². The Morgan fingerprint density at radius 2 is 2.00 bits per heavy atom. The summed E-state index contributed by atoms with van der Waals surface area (Å²) in [4.78, 5) is 12.1. The van der Waals surface area contributed by atoms with Gasteiger partial charge in [-0.05, 0) is 38.0 Å². The third-order valence-corrected chi connectivity index (χ3v) is 3.96. The van der Waals surface area contributed by atoms with E-state index in [1.54, 1.807) is 0 Å². The average Bonchev–Trinajstić information content (AvgIpc) is 2.30. The Hall–Kier alpha value is -0.410. The number of hydrogen-bond acceptors (Lipinski definition) is 3. The lowest BCUT2D eigenvalue weighted by atomic mass is 9.65. The summed E-state index contributed by atoms with van der Waals surface area (Å²) in [5.41, 5.74) is -0.358. The lowest BCUT2D eigenvalue weighted by Crippen LogP contribution is -2.43. The van der Waals surface area contributed by atoms with Crippen LogP contribution in [0.1, 0.15) is 52.4 Å². The van der Waals surface area contributed by atoms with E-state index in [9.17, 15) is 9.90 Å². The van der Waals surface area contributed by atoms with Crippen molar-refractivity contribution in [3.63, 3.8) is 0 Å². The molecule has 1 atom stereocenters. The molecule has 3 nitrogen and oxygen atoms in total. The summed E-state index contributed by atoms with van der Waals surface area (Å²) in [6.07, 6.45) is 4.48. The first-order chi connectivity index (χ1) is 7.55. The van der Waals surface area contributed by atoms with Gasteiger partial charge in [0.05, 0.1) is 6.61 Å². The average molecular weight is 228 g/mol. The molecule has 1 saturated carbocycles. The van der Waals surface area contributed by atoms with Gasteiger partial charge in [0.15, 0.2) is 5.78 Å². The van der Waals surface area contributed by atoms with E-state index in [4.69, 9.17) is 5.11 Å². The number of carbonyl (C=O) groups is 1. The van der Waals surface area contributed by atoms with Crippen LogP contribution in [0.25, 0.3) is 0 Å². The monoisotopic (exact) mass is 228 g/mol. The highest BCUT2D eigenvalue weighted by molar-refractivity contribution is 5.88. The maximum atomic E-state index is 12.1. The second-order valence-electron chi connectivity index (χ2n) is 5.28. The van der Waals surface area contributed by atoms with Crippen LogP contribution in [0.15, 0.2) is 0 Å². The van der Waals surface area contributed by atoms with Crippen LogP contribution in [0.3, 0.4) is 0 Å². The van der Waals surface area contributed by atoms with E-state index in [-0.39, 0.29) is 11.2 Å². The largest absolute Gasteiger partial charge is 0.393 e. The van der Waals surface area contributed by atoms with Gasteiger partial charge in [0.25, 0.3) is 0 Å². The molecule has 94 valence electrons. The fourth-order valence-electron chi connectivity index (χ4n) is 2.85. The molecule has 0 aromatic rings. The maximum absolute atomic E-state index is 12.1. The van der Waals surface area contributed by atoms with Crippen LogP contribution in [-0.2, 0) is 4.79 Å². The van der Waals surface area contributed by atoms with E-state index in [0.717, 1.165) is 38.5 Å². The van der Waals surface area contributed by atoms with Gasteiger partial charge < -0.3 is 10.2 Å². The first kappa shape index (κ1) is 13.7. The molecule has 0 saturated heterocycles. The Labute approximate surface area is 97.9 Å². The van der Waals surface area contributed by atoms with Gasteiger partial charge in [0.1, 0.15) is 6.10 Å². The molecule has 0 aliphatic heterocycles. The van der Waals surface area contributed by atoms with E-state index in [1.165, 1.54) is 0 Å². The molecule has 0 amide bonds. The highest BCUT2D eigenvalue weighted by atomic mass is 16.3. The van der Waals surface area contributed by atoms with Crippen LogP contribution in [0.4, 0.5) is 0 Å². The van der Waals surface area contributed by atoms with Gasteiger partial charge in [0, 0.05) is 5.41 Å². The lowest BCUT2D eigenvalue weighted by molar-refractivity contribution is -0.142. The third-order valence-electron chi connectivity index (χ3n) is 3.96. The van der Waals surface area contributed by atoms with Crippen LogP contribution in [-0.4, -0.2) is 28.7 Å². The molecule has 0 spiro atoms. The molecule has 1 unspecified atom stereocenters. The Morgan fingerprint density at radius 1 is 1.44 bits per heavy atom. The summed E-state index contributed by atoms with van der Waals surface area (Å²) in [7, 11) is 0. The zero-order chi connectivity index (χ0) is 12.2. The molecule has 1 rings (SSSR count). The van der Waals surface area contributed by atoms with E-state index >= 15 is 0 Å². The summed E-state index contributed by atoms with van der Waals surface area (Å²) >= 11 is 0. The smallest absolute Gasteiger partial charge is 0.169 e. The van der Waals surface area contributed by atoms with Crippen molar-refractivity contribution in [2.45, 2.75) is 58.5 Å². The number of rotatable bonds is 5. The number of hydrogen-bond donors (Lipinski definition) is 2. The van der Waals surface area contributed by atoms with E-state index in [2.05, 4.69) is 13.8 Å². The highest BCUT2D eigenvalue weighted by Crippen LogP contribution is 2.43. The van der Waals surface area contributed by atoms with Gasteiger partial charge in [-0.1, -0.05) is 20.3 Å². The van der Waals surface area contributed by atoms with Gasteiger partial charge in [0.2, 0.25) is 0 Å². The van der Waals surface area contributed by atoms with Crippen molar-refractivity contribution in [2.24, 2.45) is 11.3 Å². The predicted molar refractivity (Wildman–Crippen MR) is 63.1 cm³/mol. The Bertz CT molecular complexity index is 229. The molecular formula is C13H24O3. The quantitative estimate of drug-likeness (QED) is 0.755. The van der Waals surface area contributed by atoms with Gasteiger partial charge in [-0.2, -0.15) is 0 Å². The second kappa shape index (κ2) is 5.78. The Morgan fingerprint density at radius 3 is 2.44 bits per heavy atom. The standard InChI is InChI=1S/C13H24O3/c1-3-6-13(12(16)11(15)9-14)7-4-10(2)5-8-13/h10-11,14-15H,3-9H2,1-2H3. The molecule has 0 heterocycles. The SMILES string of the molecule is CCCC1(C(=O)C(O)CO)CCC(C)CC1. The van der Waals surface area contributed by atoms with Gasteiger partial charge in [-0.15, -0.1) is 0 Å². The summed E-state index contributed by atoms with van der Waals surface area (Å²) in [5, 5.41) is 18.4. The molecule has 0 bridgehead atoms. The van der Waals surface area contributed by atoms with Crippen LogP contribution in [0.5, 0.6) is 0 Å². The minimum atomic E-state index is -1.18. The molecule has 3 heteroatoms. The number of carbonyl (C=O) groups excluding carboxylic acids is 1. The lowest BCUT2D eigenvalue weighted by Gasteiger charge is -2.39. The Kier molecular flexibility index (Phi) is 4.93.